The van der Waals surface area contributed by atoms with Gasteiger partial charge in [0.25, 0.3) is 5.91 Å². The maximum absolute atomic E-state index is 13.3. The van der Waals surface area contributed by atoms with Gasteiger partial charge >= 0.3 is 0 Å². The van der Waals surface area contributed by atoms with Gasteiger partial charge in [0.2, 0.25) is 0 Å². The first-order valence-corrected chi connectivity index (χ1v) is 10.9. The zero-order chi connectivity index (χ0) is 21.2. The van der Waals surface area contributed by atoms with Gasteiger partial charge in [-0.1, -0.05) is 54.6 Å². The van der Waals surface area contributed by atoms with Crippen molar-refractivity contribution >= 4 is 22.5 Å². The number of nitrogens with one attached hydrogen (secondary N) is 1. The van der Waals surface area contributed by atoms with Crippen molar-refractivity contribution in [2.24, 2.45) is 0 Å². The minimum absolute atomic E-state index is 0.103. The standard InChI is InChI=1S/C27H27N3O/c1-20-24-19-22(18-21-8-4-2-5-9-21)12-13-25(24)28-26(20)27(31)30-16-14-29(15-17-30)23-10-6-3-7-11-23/h2-13,19,28H,14-18H2,1H3. The maximum atomic E-state index is 13.3. The van der Waals surface area contributed by atoms with E-state index < -0.39 is 0 Å². The summed E-state index contributed by atoms with van der Waals surface area (Å²) in [6, 6.07) is 27.4. The molecule has 0 radical (unpaired) electrons. The van der Waals surface area contributed by atoms with Crippen LogP contribution in [0.25, 0.3) is 10.9 Å². The molecule has 4 nitrogen and oxygen atoms in total. The van der Waals surface area contributed by atoms with E-state index in [0.717, 1.165) is 54.8 Å². The molecule has 5 rings (SSSR count). The number of aryl methyl sites for hydroxylation is 1. The molecule has 0 unspecified atom stereocenters. The number of anilines is 1. The van der Waals surface area contributed by atoms with Gasteiger partial charge in [0.1, 0.15) is 5.69 Å². The van der Waals surface area contributed by atoms with Crippen LogP contribution < -0.4 is 4.90 Å². The number of aromatic nitrogens is 1. The molecular weight excluding hydrogens is 382 g/mol. The second kappa shape index (κ2) is 8.31. The van der Waals surface area contributed by atoms with E-state index >= 15 is 0 Å². The highest BCUT2D eigenvalue weighted by Gasteiger charge is 2.25. The summed E-state index contributed by atoms with van der Waals surface area (Å²) >= 11 is 0. The lowest BCUT2D eigenvalue weighted by Crippen LogP contribution is -2.49. The van der Waals surface area contributed by atoms with E-state index in [1.54, 1.807) is 0 Å². The van der Waals surface area contributed by atoms with Gasteiger partial charge < -0.3 is 14.8 Å². The number of amides is 1. The first kappa shape index (κ1) is 19.4. The Morgan fingerprint density at radius 1 is 0.839 bits per heavy atom. The molecule has 3 aromatic carbocycles. The van der Waals surface area contributed by atoms with E-state index in [-0.39, 0.29) is 5.91 Å². The molecule has 0 atom stereocenters. The SMILES string of the molecule is Cc1c(C(=O)N2CCN(c3ccccc3)CC2)[nH]c2ccc(Cc3ccccc3)cc12. The number of hydrogen-bond acceptors (Lipinski definition) is 2. The van der Waals surface area contributed by atoms with Crippen molar-refractivity contribution in [3.63, 3.8) is 0 Å². The quantitative estimate of drug-likeness (QED) is 0.513. The fraction of sp³-hybridized carbons (Fsp3) is 0.222. The summed E-state index contributed by atoms with van der Waals surface area (Å²) in [6.07, 6.45) is 0.895. The van der Waals surface area contributed by atoms with Crippen molar-refractivity contribution in [1.29, 1.82) is 0 Å². The van der Waals surface area contributed by atoms with E-state index in [2.05, 4.69) is 83.5 Å². The van der Waals surface area contributed by atoms with E-state index in [9.17, 15) is 4.79 Å². The van der Waals surface area contributed by atoms with Crippen LogP contribution in [0.2, 0.25) is 0 Å². The van der Waals surface area contributed by atoms with Gasteiger partial charge in [-0.05, 0) is 54.3 Å². The molecular formula is C27H27N3O. The first-order chi connectivity index (χ1) is 15.2. The van der Waals surface area contributed by atoms with Crippen LogP contribution in [0.15, 0.2) is 78.9 Å². The summed E-state index contributed by atoms with van der Waals surface area (Å²) in [7, 11) is 0. The first-order valence-electron chi connectivity index (χ1n) is 10.9. The third-order valence-corrected chi connectivity index (χ3v) is 6.28. The minimum atomic E-state index is 0.103. The molecule has 1 fully saturated rings. The normalized spacial score (nSPS) is 14.2. The van der Waals surface area contributed by atoms with E-state index in [0.29, 0.717) is 0 Å². The minimum Gasteiger partial charge on any atom is -0.368 e. The van der Waals surface area contributed by atoms with Crippen molar-refractivity contribution in [3.8, 4) is 0 Å². The number of hydrogen-bond donors (Lipinski definition) is 1. The molecule has 2 heterocycles. The van der Waals surface area contributed by atoms with E-state index in [1.165, 1.54) is 16.8 Å². The van der Waals surface area contributed by atoms with Gasteiger partial charge in [0.05, 0.1) is 0 Å². The van der Waals surface area contributed by atoms with Crippen molar-refractivity contribution in [3.05, 3.63) is 101 Å². The third-order valence-electron chi connectivity index (χ3n) is 6.28. The number of piperazine rings is 1. The number of para-hydroxylation sites is 1. The largest absolute Gasteiger partial charge is 0.368 e. The number of H-pyrrole nitrogens is 1. The molecule has 0 aliphatic carbocycles. The van der Waals surface area contributed by atoms with Gasteiger partial charge in [0.15, 0.2) is 0 Å². The number of aromatic amines is 1. The molecule has 1 aliphatic rings. The van der Waals surface area contributed by atoms with Crippen molar-refractivity contribution in [1.82, 2.24) is 9.88 Å². The van der Waals surface area contributed by atoms with Gasteiger partial charge in [-0.25, -0.2) is 0 Å². The highest BCUT2D eigenvalue weighted by molar-refractivity contribution is 6.01. The number of benzene rings is 3. The predicted octanol–water partition coefficient (Wildman–Crippen LogP) is 5.03. The number of rotatable bonds is 4. The van der Waals surface area contributed by atoms with Crippen LogP contribution in [0.3, 0.4) is 0 Å². The maximum Gasteiger partial charge on any atom is 0.270 e. The summed E-state index contributed by atoms with van der Waals surface area (Å²) in [4.78, 5) is 21.0. The lowest BCUT2D eigenvalue weighted by Gasteiger charge is -2.36. The molecule has 0 bridgehead atoms. The topological polar surface area (TPSA) is 39.3 Å². The Hall–Kier alpha value is -3.53. The predicted molar refractivity (Wildman–Crippen MR) is 127 cm³/mol. The lowest BCUT2D eigenvalue weighted by atomic mass is 10.0. The number of carbonyl (C=O) groups is 1. The Labute approximate surface area is 183 Å². The molecule has 0 spiro atoms. The zero-order valence-electron chi connectivity index (χ0n) is 17.8. The van der Waals surface area contributed by atoms with Crippen LogP contribution in [-0.4, -0.2) is 42.0 Å². The molecule has 0 saturated carbocycles. The number of fused-ring (bicyclic) bond motifs is 1. The molecule has 1 aliphatic heterocycles. The summed E-state index contributed by atoms with van der Waals surface area (Å²) in [5, 5.41) is 1.14. The Kier molecular flexibility index (Phi) is 5.21. The second-order valence-electron chi connectivity index (χ2n) is 8.28. The number of carbonyl (C=O) groups excluding carboxylic acids is 1. The average Bonchev–Trinajstić information content (AvgIpc) is 3.16. The zero-order valence-corrected chi connectivity index (χ0v) is 17.8. The molecule has 1 saturated heterocycles. The van der Waals surface area contributed by atoms with Crippen LogP contribution in [-0.2, 0) is 6.42 Å². The Bertz CT molecular complexity index is 1190. The molecule has 4 aromatic rings. The van der Waals surface area contributed by atoms with Crippen molar-refractivity contribution < 1.29 is 4.79 Å². The highest BCUT2D eigenvalue weighted by atomic mass is 16.2. The van der Waals surface area contributed by atoms with Gasteiger partial charge in [-0.15, -0.1) is 0 Å². The second-order valence-corrected chi connectivity index (χ2v) is 8.28. The Morgan fingerprint density at radius 3 is 2.23 bits per heavy atom. The smallest absolute Gasteiger partial charge is 0.270 e. The fourth-order valence-electron chi connectivity index (χ4n) is 4.49. The van der Waals surface area contributed by atoms with Crippen LogP contribution in [0, 0.1) is 6.92 Å². The van der Waals surface area contributed by atoms with Crippen molar-refractivity contribution in [2.75, 3.05) is 31.1 Å². The van der Waals surface area contributed by atoms with Crippen molar-refractivity contribution in [2.45, 2.75) is 13.3 Å². The van der Waals surface area contributed by atoms with Crippen LogP contribution in [0.4, 0.5) is 5.69 Å². The Morgan fingerprint density at radius 2 is 1.52 bits per heavy atom. The van der Waals surface area contributed by atoms with Crippen LogP contribution in [0.1, 0.15) is 27.2 Å². The molecule has 156 valence electrons. The number of nitrogens with zero attached hydrogens (tertiary/aromatic N) is 2. The van der Waals surface area contributed by atoms with Gasteiger partial charge in [0, 0.05) is 42.8 Å². The lowest BCUT2D eigenvalue weighted by molar-refractivity contribution is 0.0741. The third kappa shape index (κ3) is 3.93. The fourth-order valence-corrected chi connectivity index (χ4v) is 4.49. The van der Waals surface area contributed by atoms with Crippen LogP contribution >= 0.6 is 0 Å². The monoisotopic (exact) mass is 409 g/mol. The summed E-state index contributed by atoms with van der Waals surface area (Å²) in [5.41, 5.74) is 6.57. The molecule has 1 N–H and O–H groups in total. The highest BCUT2D eigenvalue weighted by Crippen LogP contribution is 2.26. The van der Waals surface area contributed by atoms with E-state index in [1.807, 2.05) is 17.0 Å². The molecule has 31 heavy (non-hydrogen) atoms. The summed E-state index contributed by atoms with van der Waals surface area (Å²) < 4.78 is 0. The molecule has 1 aromatic heterocycles. The van der Waals surface area contributed by atoms with Gasteiger partial charge in [-0.2, -0.15) is 0 Å². The van der Waals surface area contributed by atoms with Crippen LogP contribution in [0.5, 0.6) is 0 Å². The summed E-state index contributed by atoms with van der Waals surface area (Å²) in [5.74, 6) is 0.103. The van der Waals surface area contributed by atoms with E-state index in [4.69, 9.17) is 0 Å². The van der Waals surface area contributed by atoms with Gasteiger partial charge in [-0.3, -0.25) is 4.79 Å². The molecule has 1 amide bonds. The average molecular weight is 410 g/mol. The summed E-state index contributed by atoms with van der Waals surface area (Å²) in [6.45, 7) is 5.24. The molecule has 4 heteroatoms. The Balaban J connectivity index is 1.33.